The maximum absolute atomic E-state index is 5.70. The van der Waals surface area contributed by atoms with Crippen LogP contribution in [0.4, 0.5) is 0 Å². The Morgan fingerprint density at radius 1 is 1.38 bits per heavy atom. The normalized spacial score (nSPS) is 41.3. The molecule has 16 heavy (non-hydrogen) atoms. The van der Waals surface area contributed by atoms with Crippen LogP contribution in [0.25, 0.3) is 0 Å². The number of ether oxygens (including phenoxy) is 1. The molecule has 0 amide bonds. The molecule has 3 aliphatic heterocycles. The zero-order chi connectivity index (χ0) is 11.2. The van der Waals surface area contributed by atoms with Crippen LogP contribution in [0.3, 0.4) is 0 Å². The summed E-state index contributed by atoms with van der Waals surface area (Å²) < 4.78 is 5.63. The van der Waals surface area contributed by atoms with Crippen LogP contribution in [-0.2, 0) is 9.57 Å². The Hall–Kier alpha value is -0.770. The number of nitrogens with zero attached hydrogens (tertiary/aromatic N) is 1. The van der Waals surface area contributed by atoms with Crippen molar-refractivity contribution >= 4 is 5.90 Å². The summed E-state index contributed by atoms with van der Waals surface area (Å²) in [7, 11) is 0. The van der Waals surface area contributed by atoms with E-state index in [-0.39, 0.29) is 11.7 Å². The fourth-order valence-electron chi connectivity index (χ4n) is 3.25. The van der Waals surface area contributed by atoms with E-state index in [0.717, 1.165) is 25.2 Å². The van der Waals surface area contributed by atoms with E-state index in [4.69, 9.17) is 9.57 Å². The van der Waals surface area contributed by atoms with Gasteiger partial charge in [0.15, 0.2) is 0 Å². The lowest BCUT2D eigenvalue weighted by atomic mass is 9.85. The average molecular weight is 224 g/mol. The molecule has 2 bridgehead atoms. The molecule has 4 heteroatoms. The quantitative estimate of drug-likeness (QED) is 0.738. The molecule has 2 atom stereocenters. The number of oxime groups is 1. The Balaban J connectivity index is 1.65. The van der Waals surface area contributed by atoms with Gasteiger partial charge in [0.25, 0.3) is 0 Å². The van der Waals surface area contributed by atoms with Crippen molar-refractivity contribution in [1.29, 1.82) is 0 Å². The van der Waals surface area contributed by atoms with E-state index in [1.54, 1.807) is 0 Å². The van der Waals surface area contributed by atoms with Gasteiger partial charge in [0.1, 0.15) is 5.60 Å². The summed E-state index contributed by atoms with van der Waals surface area (Å²) in [6.07, 6.45) is 5.79. The van der Waals surface area contributed by atoms with Crippen LogP contribution in [0.2, 0.25) is 0 Å². The molecule has 0 aromatic carbocycles. The second kappa shape index (κ2) is 3.62. The van der Waals surface area contributed by atoms with Crippen LogP contribution in [-0.4, -0.2) is 29.7 Å². The molecule has 2 fully saturated rings. The van der Waals surface area contributed by atoms with Gasteiger partial charge in [0.2, 0.25) is 5.90 Å². The summed E-state index contributed by atoms with van der Waals surface area (Å²) in [6, 6.07) is 1.26. The number of nitrogens with one attached hydrogen (secondary N) is 1. The molecule has 0 radical (unpaired) electrons. The Morgan fingerprint density at radius 3 is 2.69 bits per heavy atom. The molecule has 0 aromatic heterocycles. The average Bonchev–Trinajstić information content (AvgIpc) is 2.71. The molecule has 90 valence electrons. The predicted octanol–water partition coefficient (Wildman–Crippen LogP) is 1.80. The molecule has 3 rings (SSSR count). The predicted molar refractivity (Wildman–Crippen MR) is 61.3 cm³/mol. The third kappa shape index (κ3) is 1.79. The Morgan fingerprint density at radius 2 is 2.06 bits per heavy atom. The second-order valence-electron chi connectivity index (χ2n) is 5.65. The first-order chi connectivity index (χ1) is 7.65. The van der Waals surface area contributed by atoms with E-state index in [0.29, 0.717) is 12.1 Å². The monoisotopic (exact) mass is 224 g/mol. The van der Waals surface area contributed by atoms with Crippen molar-refractivity contribution in [2.75, 3.05) is 0 Å². The Bertz CT molecular complexity index is 302. The molecule has 0 aliphatic carbocycles. The summed E-state index contributed by atoms with van der Waals surface area (Å²) in [6.45, 7) is 4.05. The zero-order valence-corrected chi connectivity index (χ0v) is 10.0. The Kier molecular flexibility index (Phi) is 2.35. The topological polar surface area (TPSA) is 42.9 Å². The smallest absolute Gasteiger partial charge is 0.230 e. The summed E-state index contributed by atoms with van der Waals surface area (Å²) in [5, 5.41) is 7.74. The van der Waals surface area contributed by atoms with Crippen LogP contribution in [0, 0.1) is 0 Å². The van der Waals surface area contributed by atoms with Gasteiger partial charge in [-0.15, -0.1) is 0 Å². The molecule has 1 N–H and O–H groups in total. The van der Waals surface area contributed by atoms with Crippen molar-refractivity contribution in [2.24, 2.45) is 5.16 Å². The van der Waals surface area contributed by atoms with E-state index in [1.807, 2.05) is 13.8 Å². The standard InChI is InChI=1S/C12H20N2O2/c1-8(2)15-11-7-12(16-14-11)5-9-3-4-10(6-12)13-9/h8-10,13H,3-7H2,1-2H3. The van der Waals surface area contributed by atoms with E-state index >= 15 is 0 Å². The molecule has 3 heterocycles. The minimum Gasteiger partial charge on any atom is -0.476 e. The van der Waals surface area contributed by atoms with Crippen molar-refractivity contribution in [2.45, 2.75) is 69.7 Å². The zero-order valence-electron chi connectivity index (χ0n) is 10.0. The van der Waals surface area contributed by atoms with Crippen LogP contribution in [0.1, 0.15) is 46.0 Å². The summed E-state index contributed by atoms with van der Waals surface area (Å²) >= 11 is 0. The molecule has 2 unspecified atom stereocenters. The van der Waals surface area contributed by atoms with Gasteiger partial charge in [-0.05, 0) is 26.7 Å². The number of rotatable bonds is 1. The van der Waals surface area contributed by atoms with Crippen LogP contribution >= 0.6 is 0 Å². The van der Waals surface area contributed by atoms with Gasteiger partial charge in [0.05, 0.1) is 12.5 Å². The van der Waals surface area contributed by atoms with Gasteiger partial charge < -0.3 is 14.9 Å². The van der Waals surface area contributed by atoms with Gasteiger partial charge >= 0.3 is 0 Å². The molecular formula is C12H20N2O2. The molecule has 3 aliphatic rings. The van der Waals surface area contributed by atoms with Gasteiger partial charge in [-0.25, -0.2) is 0 Å². The summed E-state index contributed by atoms with van der Waals surface area (Å²) in [5.74, 6) is 0.788. The highest BCUT2D eigenvalue weighted by Gasteiger charge is 2.49. The number of fused-ring (bicyclic) bond motifs is 2. The van der Waals surface area contributed by atoms with Gasteiger partial charge in [-0.3, -0.25) is 0 Å². The maximum atomic E-state index is 5.70. The van der Waals surface area contributed by atoms with E-state index in [9.17, 15) is 0 Å². The van der Waals surface area contributed by atoms with Crippen molar-refractivity contribution in [3.63, 3.8) is 0 Å². The number of hydrogen-bond donors (Lipinski definition) is 1. The van der Waals surface area contributed by atoms with Gasteiger partial charge in [-0.2, -0.15) is 0 Å². The SMILES string of the molecule is CC(C)OC1=NOC2(C1)CC1CCC(C2)N1. The fourth-order valence-corrected chi connectivity index (χ4v) is 3.25. The molecule has 1 spiro atoms. The fraction of sp³-hybridized carbons (Fsp3) is 0.917. The highest BCUT2D eigenvalue weighted by molar-refractivity contribution is 5.78. The third-order valence-corrected chi connectivity index (χ3v) is 3.76. The van der Waals surface area contributed by atoms with E-state index < -0.39 is 0 Å². The summed E-state index contributed by atoms with van der Waals surface area (Å²) in [4.78, 5) is 5.70. The minimum atomic E-state index is -0.0543. The number of hydrogen-bond acceptors (Lipinski definition) is 4. The van der Waals surface area contributed by atoms with Gasteiger partial charge in [0, 0.05) is 24.9 Å². The van der Waals surface area contributed by atoms with Crippen LogP contribution in [0.15, 0.2) is 5.16 Å². The lowest BCUT2D eigenvalue weighted by molar-refractivity contribution is -0.0524. The molecule has 0 saturated carbocycles. The van der Waals surface area contributed by atoms with Crippen molar-refractivity contribution in [3.8, 4) is 0 Å². The molecular weight excluding hydrogens is 204 g/mol. The lowest BCUT2D eigenvalue weighted by Crippen LogP contribution is -2.48. The maximum Gasteiger partial charge on any atom is 0.230 e. The number of piperidine rings is 1. The van der Waals surface area contributed by atoms with Crippen LogP contribution in [0.5, 0.6) is 0 Å². The van der Waals surface area contributed by atoms with E-state index in [1.165, 1.54) is 12.8 Å². The van der Waals surface area contributed by atoms with Crippen molar-refractivity contribution in [3.05, 3.63) is 0 Å². The minimum absolute atomic E-state index is 0.0543. The summed E-state index contributed by atoms with van der Waals surface area (Å²) in [5.41, 5.74) is -0.0543. The first-order valence-corrected chi connectivity index (χ1v) is 6.33. The highest BCUT2D eigenvalue weighted by Crippen LogP contribution is 2.41. The Labute approximate surface area is 96.4 Å². The van der Waals surface area contributed by atoms with Crippen LogP contribution < -0.4 is 5.32 Å². The first-order valence-electron chi connectivity index (χ1n) is 6.33. The molecule has 2 saturated heterocycles. The third-order valence-electron chi connectivity index (χ3n) is 3.76. The highest BCUT2D eigenvalue weighted by atomic mass is 16.7. The van der Waals surface area contributed by atoms with Crippen molar-refractivity contribution < 1.29 is 9.57 Å². The molecule has 4 nitrogen and oxygen atoms in total. The first kappa shape index (κ1) is 10.4. The van der Waals surface area contributed by atoms with Crippen molar-refractivity contribution in [1.82, 2.24) is 5.32 Å². The van der Waals surface area contributed by atoms with E-state index in [2.05, 4.69) is 10.5 Å². The largest absolute Gasteiger partial charge is 0.476 e. The second-order valence-corrected chi connectivity index (χ2v) is 5.65. The lowest BCUT2D eigenvalue weighted by Gasteiger charge is -2.35. The van der Waals surface area contributed by atoms with Gasteiger partial charge in [-0.1, -0.05) is 5.16 Å². The molecule has 0 aromatic rings.